The summed E-state index contributed by atoms with van der Waals surface area (Å²) in [6, 6.07) is 12.9. The van der Waals surface area contributed by atoms with Crippen molar-refractivity contribution in [2.24, 2.45) is 5.92 Å². The van der Waals surface area contributed by atoms with E-state index in [1.165, 1.54) is 0 Å². The fourth-order valence-corrected chi connectivity index (χ4v) is 6.04. The minimum Gasteiger partial charge on any atom is -0.497 e. The number of aliphatic hydroxyl groups excluding tert-OH is 2. The molecule has 6 rings (SSSR count). The number of hydrogen-bond acceptors (Lipinski definition) is 9. The number of aliphatic hydroxyl groups is 2. The van der Waals surface area contributed by atoms with E-state index in [9.17, 15) is 15.0 Å². The standard InChI is InChI=1S/C29H33N3O7/c1-36-21-3-4-24-23(15-21)22(6-9-30-24)25(34)17-31-10-8-29(19(16-31)7-11-33)18-32(28(35)39-29)20-2-5-26-27(14-20)38-13-12-37-26/h2-6,9,14-15,19,25,33-34H,7-8,10-13,16-18H2,1H3/t19-,25+,29+/m1/s1. The van der Waals surface area contributed by atoms with Gasteiger partial charge in [0.15, 0.2) is 11.5 Å². The fourth-order valence-electron chi connectivity index (χ4n) is 6.04. The average Bonchev–Trinajstić information content (AvgIpc) is 3.30. The number of nitrogens with zero attached hydrogens (tertiary/aromatic N) is 3. The number of β-amino-alcohol motifs (C(OH)–C–C–N with tert-alkyl or cyclic N) is 1. The van der Waals surface area contributed by atoms with E-state index < -0.39 is 17.8 Å². The first-order chi connectivity index (χ1) is 19.0. The number of pyridine rings is 1. The second kappa shape index (κ2) is 10.5. The van der Waals surface area contributed by atoms with Gasteiger partial charge < -0.3 is 29.2 Å². The molecule has 3 aliphatic rings. The van der Waals surface area contributed by atoms with Crippen molar-refractivity contribution in [2.45, 2.75) is 24.5 Å². The van der Waals surface area contributed by atoms with Crippen LogP contribution in [0.2, 0.25) is 0 Å². The number of carbonyl (C=O) groups is 1. The molecule has 206 valence electrons. The fraction of sp³-hybridized carbons (Fsp3) is 0.448. The highest BCUT2D eigenvalue weighted by Crippen LogP contribution is 2.43. The quantitative estimate of drug-likeness (QED) is 0.471. The van der Waals surface area contributed by atoms with E-state index in [-0.39, 0.29) is 12.5 Å². The van der Waals surface area contributed by atoms with E-state index in [2.05, 4.69) is 9.88 Å². The number of likely N-dealkylation sites (tertiary alicyclic amines) is 1. The number of aromatic nitrogens is 1. The molecule has 3 atom stereocenters. The van der Waals surface area contributed by atoms with Gasteiger partial charge in [0.25, 0.3) is 0 Å². The number of hydrogen-bond donors (Lipinski definition) is 2. The number of ether oxygens (including phenoxy) is 4. The van der Waals surface area contributed by atoms with Crippen LogP contribution in [0.15, 0.2) is 48.7 Å². The predicted octanol–water partition coefficient (Wildman–Crippen LogP) is 3.15. The summed E-state index contributed by atoms with van der Waals surface area (Å²) in [5.41, 5.74) is 1.56. The zero-order valence-electron chi connectivity index (χ0n) is 21.9. The lowest BCUT2D eigenvalue weighted by Crippen LogP contribution is -2.55. The van der Waals surface area contributed by atoms with Crippen molar-refractivity contribution in [3.63, 3.8) is 0 Å². The highest BCUT2D eigenvalue weighted by Gasteiger charge is 2.53. The Hall–Kier alpha value is -3.60. The maximum atomic E-state index is 13.1. The SMILES string of the molecule is COc1ccc2nccc([C@@H](O)CN3CC[C@]4(CN(c5ccc6c(c5)OCCO6)C(=O)O4)[C@H](CCO)C3)c2c1. The number of anilines is 1. The summed E-state index contributed by atoms with van der Waals surface area (Å²) < 4.78 is 22.8. The zero-order valence-corrected chi connectivity index (χ0v) is 21.9. The molecule has 10 nitrogen and oxygen atoms in total. The molecule has 39 heavy (non-hydrogen) atoms. The Morgan fingerprint density at radius 3 is 2.82 bits per heavy atom. The van der Waals surface area contributed by atoms with Crippen molar-refractivity contribution in [3.8, 4) is 17.2 Å². The molecule has 10 heteroatoms. The van der Waals surface area contributed by atoms with Crippen LogP contribution in [-0.2, 0) is 4.74 Å². The van der Waals surface area contributed by atoms with Crippen LogP contribution in [-0.4, -0.2) is 84.9 Å². The van der Waals surface area contributed by atoms with Crippen LogP contribution in [0, 0.1) is 5.92 Å². The Bertz CT molecular complexity index is 1370. The molecule has 2 N–H and O–H groups in total. The molecule has 0 saturated carbocycles. The lowest BCUT2D eigenvalue weighted by atomic mass is 9.78. The van der Waals surface area contributed by atoms with E-state index >= 15 is 0 Å². The molecule has 0 bridgehead atoms. The van der Waals surface area contributed by atoms with Crippen LogP contribution in [0.1, 0.15) is 24.5 Å². The van der Waals surface area contributed by atoms with Crippen LogP contribution >= 0.6 is 0 Å². The Labute approximate surface area is 226 Å². The Kier molecular flexibility index (Phi) is 6.92. The summed E-state index contributed by atoms with van der Waals surface area (Å²) in [6.45, 7) is 2.99. The topological polar surface area (TPSA) is 114 Å². The minimum absolute atomic E-state index is 0.0147. The molecule has 1 aromatic heterocycles. The first-order valence-electron chi connectivity index (χ1n) is 13.3. The van der Waals surface area contributed by atoms with Gasteiger partial charge in [-0.05, 0) is 48.4 Å². The van der Waals surface area contributed by atoms with Gasteiger partial charge in [-0.1, -0.05) is 0 Å². The largest absolute Gasteiger partial charge is 0.497 e. The van der Waals surface area contributed by atoms with Crippen molar-refractivity contribution in [1.29, 1.82) is 0 Å². The van der Waals surface area contributed by atoms with Crippen molar-refractivity contribution in [1.82, 2.24) is 9.88 Å². The van der Waals surface area contributed by atoms with Gasteiger partial charge in [0.1, 0.15) is 24.6 Å². The molecule has 2 aromatic carbocycles. The monoisotopic (exact) mass is 535 g/mol. The molecule has 1 amide bonds. The number of carbonyl (C=O) groups excluding carboxylic acids is 1. The summed E-state index contributed by atoms with van der Waals surface area (Å²) in [5, 5.41) is 22.0. The Morgan fingerprint density at radius 2 is 2.00 bits per heavy atom. The number of rotatable bonds is 7. The molecule has 3 aromatic rings. The van der Waals surface area contributed by atoms with Gasteiger partial charge in [-0.25, -0.2) is 4.79 Å². The van der Waals surface area contributed by atoms with Crippen molar-refractivity contribution in [2.75, 3.05) is 58.0 Å². The van der Waals surface area contributed by atoms with Gasteiger partial charge in [0.05, 0.1) is 31.0 Å². The average molecular weight is 536 g/mol. The number of methoxy groups -OCH3 is 1. The molecule has 0 aliphatic carbocycles. The van der Waals surface area contributed by atoms with Gasteiger partial charge >= 0.3 is 6.09 Å². The summed E-state index contributed by atoms with van der Waals surface area (Å²) in [5.74, 6) is 1.89. The first-order valence-corrected chi connectivity index (χ1v) is 13.3. The van der Waals surface area contributed by atoms with Crippen molar-refractivity contribution >= 4 is 22.7 Å². The molecular weight excluding hydrogens is 502 g/mol. The summed E-state index contributed by atoms with van der Waals surface area (Å²) in [4.78, 5) is 21.3. The number of piperidine rings is 1. The van der Waals surface area contributed by atoms with Gasteiger partial charge in [0.2, 0.25) is 0 Å². The third-order valence-electron chi connectivity index (χ3n) is 8.10. The summed E-state index contributed by atoms with van der Waals surface area (Å²) in [7, 11) is 1.61. The molecule has 0 unspecified atom stereocenters. The Balaban J connectivity index is 1.18. The maximum absolute atomic E-state index is 13.1. The van der Waals surface area contributed by atoms with Gasteiger partial charge in [0, 0.05) is 56.2 Å². The first kappa shape index (κ1) is 25.7. The smallest absolute Gasteiger partial charge is 0.415 e. The van der Waals surface area contributed by atoms with E-state index in [1.807, 2.05) is 42.5 Å². The molecule has 4 heterocycles. The lowest BCUT2D eigenvalue weighted by Gasteiger charge is -2.44. The molecule has 2 fully saturated rings. The van der Waals surface area contributed by atoms with Crippen LogP contribution in [0.3, 0.4) is 0 Å². The number of fused-ring (bicyclic) bond motifs is 2. The second-order valence-corrected chi connectivity index (χ2v) is 10.4. The minimum atomic E-state index is -0.744. The Morgan fingerprint density at radius 1 is 1.15 bits per heavy atom. The van der Waals surface area contributed by atoms with Crippen molar-refractivity contribution < 1.29 is 34.0 Å². The molecule has 2 saturated heterocycles. The lowest BCUT2D eigenvalue weighted by molar-refractivity contribution is -0.0622. The van der Waals surface area contributed by atoms with E-state index in [4.69, 9.17) is 18.9 Å². The summed E-state index contributed by atoms with van der Waals surface area (Å²) >= 11 is 0. The second-order valence-electron chi connectivity index (χ2n) is 10.4. The van der Waals surface area contributed by atoms with Gasteiger partial charge in [-0.3, -0.25) is 14.8 Å². The summed E-state index contributed by atoms with van der Waals surface area (Å²) in [6.07, 6.45) is 1.65. The molecule has 3 aliphatic heterocycles. The molecule has 0 radical (unpaired) electrons. The highest BCUT2D eigenvalue weighted by atomic mass is 16.6. The van der Waals surface area contributed by atoms with Crippen LogP contribution < -0.4 is 19.1 Å². The highest BCUT2D eigenvalue weighted by molar-refractivity contribution is 5.91. The normalized spacial score (nSPS) is 23.7. The van der Waals surface area contributed by atoms with Gasteiger partial charge in [-0.15, -0.1) is 0 Å². The zero-order chi connectivity index (χ0) is 27.0. The number of amides is 1. The molecular formula is C29H33N3O7. The van der Waals surface area contributed by atoms with E-state index in [0.29, 0.717) is 75.2 Å². The van der Waals surface area contributed by atoms with Crippen molar-refractivity contribution in [3.05, 3.63) is 54.2 Å². The maximum Gasteiger partial charge on any atom is 0.415 e. The third kappa shape index (κ3) is 4.84. The van der Waals surface area contributed by atoms with Crippen LogP contribution in [0.25, 0.3) is 10.9 Å². The number of benzene rings is 2. The third-order valence-corrected chi connectivity index (χ3v) is 8.10. The van der Waals surface area contributed by atoms with E-state index in [0.717, 1.165) is 16.5 Å². The van der Waals surface area contributed by atoms with Crippen LogP contribution in [0.5, 0.6) is 17.2 Å². The van der Waals surface area contributed by atoms with Crippen LogP contribution in [0.4, 0.5) is 10.5 Å². The van der Waals surface area contributed by atoms with E-state index in [1.54, 1.807) is 18.2 Å². The van der Waals surface area contributed by atoms with Gasteiger partial charge in [-0.2, -0.15) is 0 Å². The molecule has 1 spiro atoms. The predicted molar refractivity (Wildman–Crippen MR) is 143 cm³/mol.